The Hall–Kier alpha value is -1.81. The number of benzene rings is 1. The molecular formula is C12H11ClN2O2. The quantitative estimate of drug-likeness (QED) is 0.785. The molecule has 88 valence electrons. The maximum atomic E-state index is 5.71. The summed E-state index contributed by atoms with van der Waals surface area (Å²) < 4.78 is 10.7. The SMILES string of the molecule is COc1ccc(Oc2nc(Cl)ncc2C)cc1. The third-order valence-corrected chi connectivity index (χ3v) is 2.35. The van der Waals surface area contributed by atoms with Gasteiger partial charge in [0, 0.05) is 11.8 Å². The number of nitrogens with zero attached hydrogens (tertiary/aromatic N) is 2. The molecule has 2 aromatic rings. The summed E-state index contributed by atoms with van der Waals surface area (Å²) in [5.74, 6) is 1.90. The van der Waals surface area contributed by atoms with E-state index in [9.17, 15) is 0 Å². The molecule has 0 bridgehead atoms. The van der Waals surface area contributed by atoms with Gasteiger partial charge < -0.3 is 9.47 Å². The third kappa shape index (κ3) is 2.85. The molecule has 0 N–H and O–H groups in total. The first-order chi connectivity index (χ1) is 8.19. The monoisotopic (exact) mass is 250 g/mol. The van der Waals surface area contributed by atoms with Crippen LogP contribution in [0.1, 0.15) is 5.56 Å². The number of ether oxygens (including phenoxy) is 2. The second-order valence-electron chi connectivity index (χ2n) is 3.40. The van der Waals surface area contributed by atoms with Crippen LogP contribution in [-0.4, -0.2) is 17.1 Å². The van der Waals surface area contributed by atoms with E-state index < -0.39 is 0 Å². The van der Waals surface area contributed by atoms with Crippen LogP contribution in [-0.2, 0) is 0 Å². The topological polar surface area (TPSA) is 44.2 Å². The van der Waals surface area contributed by atoms with Crippen LogP contribution in [0.25, 0.3) is 0 Å². The fourth-order valence-corrected chi connectivity index (χ4v) is 1.39. The number of rotatable bonds is 3. The first-order valence-corrected chi connectivity index (χ1v) is 5.38. The molecule has 0 aliphatic carbocycles. The molecule has 5 heteroatoms. The van der Waals surface area contributed by atoms with Crippen molar-refractivity contribution < 1.29 is 9.47 Å². The molecule has 1 aromatic carbocycles. The van der Waals surface area contributed by atoms with Crippen LogP contribution in [0, 0.1) is 6.92 Å². The smallest absolute Gasteiger partial charge is 0.226 e. The highest BCUT2D eigenvalue weighted by Crippen LogP contribution is 2.25. The van der Waals surface area contributed by atoms with Crippen molar-refractivity contribution in [3.8, 4) is 17.4 Å². The molecule has 1 heterocycles. The summed E-state index contributed by atoms with van der Waals surface area (Å²) in [6.07, 6.45) is 1.62. The van der Waals surface area contributed by atoms with Crippen LogP contribution in [0.4, 0.5) is 0 Å². The van der Waals surface area contributed by atoms with Crippen molar-refractivity contribution in [3.05, 3.63) is 41.3 Å². The molecule has 0 aliphatic heterocycles. The summed E-state index contributed by atoms with van der Waals surface area (Å²) >= 11 is 5.71. The summed E-state index contributed by atoms with van der Waals surface area (Å²) in [5.41, 5.74) is 0.824. The Labute approximate surface area is 104 Å². The van der Waals surface area contributed by atoms with Gasteiger partial charge >= 0.3 is 0 Å². The molecule has 0 fully saturated rings. The number of aryl methyl sites for hydroxylation is 1. The van der Waals surface area contributed by atoms with E-state index in [0.717, 1.165) is 11.3 Å². The molecule has 17 heavy (non-hydrogen) atoms. The number of aromatic nitrogens is 2. The van der Waals surface area contributed by atoms with E-state index >= 15 is 0 Å². The Bertz CT molecular complexity index is 514. The van der Waals surface area contributed by atoms with E-state index in [1.807, 2.05) is 19.1 Å². The number of hydrogen-bond donors (Lipinski definition) is 0. The van der Waals surface area contributed by atoms with Gasteiger partial charge in [-0.3, -0.25) is 0 Å². The van der Waals surface area contributed by atoms with Crippen molar-refractivity contribution in [2.24, 2.45) is 0 Å². The summed E-state index contributed by atoms with van der Waals surface area (Å²) in [5, 5.41) is 0.166. The van der Waals surface area contributed by atoms with E-state index in [2.05, 4.69) is 9.97 Å². The van der Waals surface area contributed by atoms with Crippen LogP contribution in [0.2, 0.25) is 5.28 Å². The van der Waals surface area contributed by atoms with Gasteiger partial charge in [-0.15, -0.1) is 0 Å². The van der Waals surface area contributed by atoms with Gasteiger partial charge in [0.05, 0.1) is 7.11 Å². The predicted octanol–water partition coefficient (Wildman–Crippen LogP) is 3.24. The van der Waals surface area contributed by atoms with Crippen molar-refractivity contribution in [2.75, 3.05) is 7.11 Å². The van der Waals surface area contributed by atoms with Gasteiger partial charge in [-0.2, -0.15) is 4.98 Å². The molecule has 0 spiro atoms. The summed E-state index contributed by atoms with van der Waals surface area (Å²) in [7, 11) is 1.62. The minimum atomic E-state index is 0.166. The van der Waals surface area contributed by atoms with Gasteiger partial charge in [-0.05, 0) is 42.8 Å². The molecule has 0 saturated heterocycles. The van der Waals surface area contributed by atoms with Crippen LogP contribution >= 0.6 is 11.6 Å². The highest BCUT2D eigenvalue weighted by atomic mass is 35.5. The van der Waals surface area contributed by atoms with Crippen LogP contribution in [0.3, 0.4) is 0 Å². The molecule has 4 nitrogen and oxygen atoms in total. The van der Waals surface area contributed by atoms with Crippen molar-refractivity contribution in [1.82, 2.24) is 9.97 Å². The van der Waals surface area contributed by atoms with Crippen molar-refractivity contribution >= 4 is 11.6 Å². The summed E-state index contributed by atoms with van der Waals surface area (Å²) in [6.45, 7) is 1.86. The van der Waals surface area contributed by atoms with Crippen LogP contribution in [0.15, 0.2) is 30.5 Å². The Morgan fingerprint density at radius 3 is 2.41 bits per heavy atom. The largest absolute Gasteiger partial charge is 0.497 e. The zero-order valence-corrected chi connectivity index (χ0v) is 10.2. The Kier molecular flexibility index (Phi) is 3.44. The van der Waals surface area contributed by atoms with Crippen molar-refractivity contribution in [1.29, 1.82) is 0 Å². The van der Waals surface area contributed by atoms with Gasteiger partial charge in [0.25, 0.3) is 0 Å². The lowest BCUT2D eigenvalue weighted by Gasteiger charge is -2.07. The molecule has 0 amide bonds. The molecular weight excluding hydrogens is 240 g/mol. The minimum Gasteiger partial charge on any atom is -0.497 e. The normalized spacial score (nSPS) is 10.1. The van der Waals surface area contributed by atoms with Gasteiger partial charge in [0.2, 0.25) is 11.2 Å². The molecule has 0 unspecified atom stereocenters. The second kappa shape index (κ2) is 5.01. The zero-order chi connectivity index (χ0) is 12.3. The van der Waals surface area contributed by atoms with E-state index in [0.29, 0.717) is 11.6 Å². The predicted molar refractivity (Wildman–Crippen MR) is 64.8 cm³/mol. The Morgan fingerprint density at radius 2 is 1.76 bits per heavy atom. The molecule has 2 rings (SSSR count). The lowest BCUT2D eigenvalue weighted by molar-refractivity contribution is 0.412. The van der Waals surface area contributed by atoms with Gasteiger partial charge in [-0.25, -0.2) is 4.98 Å². The Morgan fingerprint density at radius 1 is 1.12 bits per heavy atom. The van der Waals surface area contributed by atoms with Crippen molar-refractivity contribution in [2.45, 2.75) is 6.92 Å². The molecule has 0 aliphatic rings. The maximum Gasteiger partial charge on any atom is 0.226 e. The fraction of sp³-hybridized carbons (Fsp3) is 0.167. The molecule has 0 atom stereocenters. The number of methoxy groups -OCH3 is 1. The number of hydrogen-bond acceptors (Lipinski definition) is 4. The maximum absolute atomic E-state index is 5.71. The van der Waals surface area contributed by atoms with Gasteiger partial charge in [0.15, 0.2) is 0 Å². The first kappa shape index (κ1) is 11.7. The third-order valence-electron chi connectivity index (χ3n) is 2.17. The molecule has 0 saturated carbocycles. The highest BCUT2D eigenvalue weighted by Gasteiger charge is 2.05. The zero-order valence-electron chi connectivity index (χ0n) is 9.48. The number of halogens is 1. The van der Waals surface area contributed by atoms with E-state index in [1.54, 1.807) is 25.4 Å². The van der Waals surface area contributed by atoms with E-state index in [-0.39, 0.29) is 5.28 Å². The average Bonchev–Trinajstić information content (AvgIpc) is 2.35. The summed E-state index contributed by atoms with van der Waals surface area (Å²) in [4.78, 5) is 7.87. The average molecular weight is 251 g/mol. The standard InChI is InChI=1S/C12H11ClN2O2/c1-8-7-14-12(13)15-11(8)17-10-5-3-9(16-2)4-6-10/h3-7H,1-2H3. The molecule has 0 radical (unpaired) electrons. The van der Waals surface area contributed by atoms with E-state index in [1.165, 1.54) is 0 Å². The first-order valence-electron chi connectivity index (χ1n) is 5.00. The van der Waals surface area contributed by atoms with Crippen molar-refractivity contribution in [3.63, 3.8) is 0 Å². The van der Waals surface area contributed by atoms with E-state index in [4.69, 9.17) is 21.1 Å². The van der Waals surface area contributed by atoms with Gasteiger partial charge in [-0.1, -0.05) is 0 Å². The highest BCUT2D eigenvalue weighted by molar-refractivity contribution is 6.28. The second-order valence-corrected chi connectivity index (χ2v) is 3.74. The molecule has 1 aromatic heterocycles. The lowest BCUT2D eigenvalue weighted by atomic mass is 10.3. The van der Waals surface area contributed by atoms with Crippen LogP contribution < -0.4 is 9.47 Å². The summed E-state index contributed by atoms with van der Waals surface area (Å²) in [6, 6.07) is 7.23. The van der Waals surface area contributed by atoms with Crippen LogP contribution in [0.5, 0.6) is 17.4 Å². The lowest BCUT2D eigenvalue weighted by Crippen LogP contribution is -1.93. The Balaban J connectivity index is 2.22. The minimum absolute atomic E-state index is 0.166. The fourth-order valence-electron chi connectivity index (χ4n) is 1.26. The van der Waals surface area contributed by atoms with Gasteiger partial charge in [0.1, 0.15) is 11.5 Å².